The summed E-state index contributed by atoms with van der Waals surface area (Å²) in [4.78, 5) is 14.0. The Balaban J connectivity index is 1.87. The highest BCUT2D eigenvalue weighted by molar-refractivity contribution is 6.40. The van der Waals surface area contributed by atoms with Crippen LogP contribution < -0.4 is 5.73 Å². The van der Waals surface area contributed by atoms with Crippen molar-refractivity contribution < 1.29 is 33.1 Å². The number of nitrogens with two attached hydrogens (primary N) is 1. The molecule has 1 aromatic rings. The monoisotopic (exact) mass is 430 g/mol. The van der Waals surface area contributed by atoms with Crippen LogP contribution in [0, 0.1) is 5.92 Å². The first kappa shape index (κ1) is 24.7. The average molecular weight is 430 g/mol. The number of alkyl halides is 3. The fraction of sp³-hybridized carbons (Fsp3) is 0.650. The lowest BCUT2D eigenvalue weighted by molar-refractivity contribution is -0.147. The molecule has 5 N–H and O–H groups in total. The van der Waals surface area contributed by atoms with E-state index < -0.39 is 31.2 Å². The molecule has 0 aromatic heterocycles. The van der Waals surface area contributed by atoms with Crippen LogP contribution in [-0.4, -0.2) is 58.2 Å². The van der Waals surface area contributed by atoms with Gasteiger partial charge in [-0.05, 0) is 55.7 Å². The zero-order valence-electron chi connectivity index (χ0n) is 16.9. The first-order valence-corrected chi connectivity index (χ1v) is 10.3. The molecule has 0 radical (unpaired) electrons. The summed E-state index contributed by atoms with van der Waals surface area (Å²) in [6.45, 7) is 1.87. The maximum Gasteiger partial charge on any atom is 0.451 e. The Labute approximate surface area is 175 Å². The molecule has 30 heavy (non-hydrogen) atoms. The van der Waals surface area contributed by atoms with Crippen LogP contribution in [-0.2, 0) is 11.3 Å². The smallest absolute Gasteiger partial charge is 0.451 e. The van der Waals surface area contributed by atoms with E-state index in [-0.39, 0.29) is 24.2 Å². The second-order valence-electron chi connectivity index (χ2n) is 8.10. The number of benzene rings is 1. The van der Waals surface area contributed by atoms with Gasteiger partial charge in [0.25, 0.3) is 6.43 Å². The van der Waals surface area contributed by atoms with Crippen LogP contribution in [0.15, 0.2) is 24.3 Å². The maximum atomic E-state index is 13.4. The van der Waals surface area contributed by atoms with Crippen LogP contribution in [0.4, 0.5) is 13.2 Å². The van der Waals surface area contributed by atoms with Crippen LogP contribution >= 0.6 is 0 Å². The molecule has 1 fully saturated rings. The van der Waals surface area contributed by atoms with Crippen LogP contribution in [0.1, 0.15) is 49.4 Å². The normalized spacial score (nSPS) is 18.9. The lowest BCUT2D eigenvalue weighted by Gasteiger charge is -2.40. The number of nitrogens with zero attached hydrogens (tertiary/aromatic N) is 1. The highest BCUT2D eigenvalue weighted by Gasteiger charge is 2.42. The minimum atomic E-state index is -3.05. The Morgan fingerprint density at radius 3 is 2.27 bits per heavy atom. The van der Waals surface area contributed by atoms with Crippen molar-refractivity contribution in [2.75, 3.05) is 13.1 Å². The van der Waals surface area contributed by atoms with Crippen molar-refractivity contribution in [3.8, 4) is 0 Å². The van der Waals surface area contributed by atoms with E-state index in [2.05, 4.69) is 4.90 Å². The minimum absolute atomic E-state index is 0.0458. The molecular formula is C20H30BF3N2O4. The van der Waals surface area contributed by atoms with Crippen molar-refractivity contribution in [1.82, 2.24) is 4.90 Å². The molecule has 2 unspecified atom stereocenters. The van der Waals surface area contributed by atoms with Gasteiger partial charge in [0.2, 0.25) is 0 Å². The zero-order chi connectivity index (χ0) is 22.3. The Hall–Kier alpha value is -1.62. The highest BCUT2D eigenvalue weighted by atomic mass is 19.3. The first-order chi connectivity index (χ1) is 14.1. The van der Waals surface area contributed by atoms with Gasteiger partial charge in [-0.2, -0.15) is 0 Å². The van der Waals surface area contributed by atoms with Crippen LogP contribution in [0.5, 0.6) is 0 Å². The van der Waals surface area contributed by atoms with Gasteiger partial charge in [0.1, 0.15) is 5.54 Å². The second kappa shape index (κ2) is 11.1. The van der Waals surface area contributed by atoms with E-state index in [4.69, 9.17) is 15.8 Å². The maximum absolute atomic E-state index is 13.4. The van der Waals surface area contributed by atoms with Crippen molar-refractivity contribution in [2.45, 2.75) is 63.1 Å². The predicted molar refractivity (Wildman–Crippen MR) is 108 cm³/mol. The summed E-state index contributed by atoms with van der Waals surface area (Å²) in [5.41, 5.74) is 5.74. The number of unbranched alkanes of at least 4 members (excludes halogenated alkanes) is 1. The third-order valence-corrected chi connectivity index (χ3v) is 5.94. The molecule has 1 saturated heterocycles. The van der Waals surface area contributed by atoms with E-state index >= 15 is 0 Å². The molecule has 0 saturated carbocycles. The molecule has 0 aliphatic carbocycles. The van der Waals surface area contributed by atoms with Crippen molar-refractivity contribution in [3.05, 3.63) is 35.4 Å². The Bertz CT molecular complexity index is 673. The van der Waals surface area contributed by atoms with E-state index in [1.807, 2.05) is 0 Å². The molecule has 6 nitrogen and oxygen atoms in total. The molecule has 1 aromatic carbocycles. The van der Waals surface area contributed by atoms with Gasteiger partial charge in [-0.15, -0.1) is 0 Å². The van der Waals surface area contributed by atoms with Gasteiger partial charge in [-0.25, -0.2) is 13.2 Å². The minimum Gasteiger partial charge on any atom is -0.480 e. The number of piperidine rings is 1. The Morgan fingerprint density at radius 1 is 1.17 bits per heavy atom. The number of hydrogen-bond acceptors (Lipinski definition) is 5. The molecule has 1 heterocycles. The summed E-state index contributed by atoms with van der Waals surface area (Å²) < 4.78 is 38.3. The zero-order valence-corrected chi connectivity index (χ0v) is 16.9. The second-order valence-corrected chi connectivity index (χ2v) is 8.10. The summed E-state index contributed by atoms with van der Waals surface area (Å²) in [6, 6.07) is 6.02. The number of halogens is 3. The van der Waals surface area contributed by atoms with Crippen molar-refractivity contribution >= 4 is 13.1 Å². The van der Waals surface area contributed by atoms with Crippen molar-refractivity contribution in [3.63, 3.8) is 0 Å². The van der Waals surface area contributed by atoms with Crippen molar-refractivity contribution in [1.29, 1.82) is 0 Å². The predicted octanol–water partition coefficient (Wildman–Crippen LogP) is 2.60. The number of aliphatic carboxylic acids is 1. The van der Waals surface area contributed by atoms with E-state index in [0.29, 0.717) is 45.3 Å². The molecule has 10 heteroatoms. The van der Waals surface area contributed by atoms with Crippen molar-refractivity contribution in [2.24, 2.45) is 11.7 Å². The lowest BCUT2D eigenvalue weighted by Crippen LogP contribution is -2.56. The number of carbonyl (C=O) groups is 1. The number of rotatable bonds is 11. The summed E-state index contributed by atoms with van der Waals surface area (Å²) in [7, 11) is -1.40. The number of likely N-dealkylation sites (tertiary alicyclic amines) is 1. The summed E-state index contributed by atoms with van der Waals surface area (Å²) in [5.74, 6) is -1.23. The molecule has 2 atom stereocenters. The molecule has 0 spiro atoms. The molecule has 1 aliphatic rings. The molecule has 168 valence electrons. The van der Waals surface area contributed by atoms with Crippen LogP contribution in [0.3, 0.4) is 0 Å². The third kappa shape index (κ3) is 6.70. The summed E-state index contributed by atoms with van der Waals surface area (Å²) >= 11 is 0. The molecular weight excluding hydrogens is 400 g/mol. The topological polar surface area (TPSA) is 107 Å². The number of carboxylic acids is 1. The Morgan fingerprint density at radius 2 is 1.77 bits per heavy atom. The van der Waals surface area contributed by atoms with E-state index in [9.17, 15) is 23.1 Å². The standard InChI is InChI=1S/C20H30BF3N2O4/c22-17(18(23)24)15-5-3-14(4-6-15)13-26-11-7-16(8-12-26)20(25,19(27)28)9-1-2-10-21(29)30/h3-6,16-18,29-30H,1-2,7-13,25H2,(H,27,28). The summed E-state index contributed by atoms with van der Waals surface area (Å²) in [5, 5.41) is 27.5. The van der Waals surface area contributed by atoms with Gasteiger partial charge in [-0.1, -0.05) is 37.1 Å². The third-order valence-electron chi connectivity index (χ3n) is 5.94. The molecule has 0 amide bonds. The average Bonchev–Trinajstić information content (AvgIpc) is 2.71. The largest absolute Gasteiger partial charge is 0.480 e. The number of carboxylic acid groups (broad SMARTS) is 1. The van der Waals surface area contributed by atoms with Crippen LogP contribution in [0.25, 0.3) is 0 Å². The van der Waals surface area contributed by atoms with E-state index in [1.165, 1.54) is 12.1 Å². The van der Waals surface area contributed by atoms with Gasteiger partial charge in [0.05, 0.1) is 0 Å². The first-order valence-electron chi connectivity index (χ1n) is 10.3. The van der Waals surface area contributed by atoms with Gasteiger partial charge in [-0.3, -0.25) is 9.69 Å². The fourth-order valence-corrected chi connectivity index (χ4v) is 4.05. The highest BCUT2D eigenvalue weighted by Crippen LogP contribution is 2.32. The molecule has 2 rings (SSSR count). The lowest BCUT2D eigenvalue weighted by atomic mass is 9.74. The van der Waals surface area contributed by atoms with Crippen LogP contribution in [0.2, 0.25) is 6.32 Å². The molecule has 0 bridgehead atoms. The van der Waals surface area contributed by atoms with Gasteiger partial charge in [0, 0.05) is 6.54 Å². The Kier molecular flexibility index (Phi) is 9.15. The van der Waals surface area contributed by atoms with Gasteiger partial charge < -0.3 is 20.9 Å². The number of hydrogen-bond donors (Lipinski definition) is 4. The van der Waals surface area contributed by atoms with E-state index in [1.54, 1.807) is 12.1 Å². The van der Waals surface area contributed by atoms with Gasteiger partial charge >= 0.3 is 13.1 Å². The summed E-state index contributed by atoms with van der Waals surface area (Å²) in [6.07, 6.45) is -2.66. The SMILES string of the molecule is NC(CCCCB(O)O)(C(=O)O)C1CCN(Cc2ccc(C(F)C(F)F)cc2)CC1. The molecule has 1 aliphatic heterocycles. The van der Waals surface area contributed by atoms with Gasteiger partial charge in [0.15, 0.2) is 6.17 Å². The fourth-order valence-electron chi connectivity index (χ4n) is 4.05. The quantitative estimate of drug-likeness (QED) is 0.318. The van der Waals surface area contributed by atoms with E-state index in [0.717, 1.165) is 5.56 Å².